The smallest absolute Gasteiger partial charge is 0.270 e. The van der Waals surface area contributed by atoms with Crippen LogP contribution < -0.4 is 0 Å². The lowest BCUT2D eigenvalue weighted by atomic mass is 9.70. The van der Waals surface area contributed by atoms with Crippen molar-refractivity contribution in [2.75, 3.05) is 0 Å². The van der Waals surface area contributed by atoms with Crippen LogP contribution >= 0.6 is 69.1 Å². The van der Waals surface area contributed by atoms with Crippen LogP contribution in [0.25, 0.3) is 70.8 Å². The third-order valence-electron chi connectivity index (χ3n) is 24.8. The number of aromatic nitrogens is 1. The van der Waals surface area contributed by atoms with Gasteiger partial charge in [-0.1, -0.05) is 319 Å². The molecule has 4 aromatic carbocycles. The van der Waals surface area contributed by atoms with E-state index in [0.29, 0.717) is 44.5 Å². The molecule has 0 atom stereocenters. The highest BCUT2D eigenvalue weighted by Gasteiger charge is 2.48. The molecule has 0 aliphatic heterocycles. The second-order valence-corrected chi connectivity index (χ2v) is 36.1. The van der Waals surface area contributed by atoms with Crippen LogP contribution in [0.1, 0.15) is 381 Å². The Hall–Kier alpha value is -6.50. The average molecular weight is 1590 g/mol. The molecule has 0 radical (unpaired) electrons. The van der Waals surface area contributed by atoms with Crippen molar-refractivity contribution < 1.29 is 9.59 Å². The third-order valence-corrected chi connectivity index (χ3v) is 28.5. The Morgan fingerprint density at radius 2 is 0.727 bits per heavy atom. The maximum atomic E-state index is 14.9. The topological polar surface area (TPSA) is 115 Å². The number of thiophene rings is 2. The van der Waals surface area contributed by atoms with E-state index in [-0.39, 0.29) is 59.8 Å². The van der Waals surface area contributed by atoms with Gasteiger partial charge in [0.05, 0.1) is 43.8 Å². The molecule has 4 aliphatic rings. The summed E-state index contributed by atoms with van der Waals surface area (Å²) in [6.07, 6.45) is 53.2. The molecule has 580 valence electrons. The van der Waals surface area contributed by atoms with Crippen LogP contribution in [0.15, 0.2) is 83.1 Å². The molecular weight excluding hydrogens is 1470 g/mol. The standard InChI is InChI=1S/C97H115Cl4N5O2S2/c1-8-14-20-26-32-38-44-66(45-39-33-27-21-15-9-2)106-88-60-75-79(96(46-40-34-28-22-16-10-3,47-41-35-29-23-17-11-4)81-52-67(109-94(75)81)50-77-90(65(62-102)63-103)71-56-83(98)85(100)58-73(71)92(77)107)54-69(88)70-55-80-76(61-89(70)106)95-82(97(80,48-42-36-30-24-18-12-5)49-43-37-31-25-19-13-6)53-68(110-95)51-78-91(87(64-104)105-7)72-57-84(99)86(101)59-74(72)93(78)108/h50-61,66H,8-49H2,1-6H3/b77-50-,78-51-,91-87+. The summed E-state index contributed by atoms with van der Waals surface area (Å²) < 4.78 is 2.85. The first-order valence-corrected chi connectivity index (χ1v) is 45.9. The van der Waals surface area contributed by atoms with Gasteiger partial charge in [-0.15, -0.1) is 22.7 Å². The highest BCUT2D eigenvalue weighted by atomic mass is 35.5. The van der Waals surface area contributed by atoms with Gasteiger partial charge in [-0.05, 0) is 156 Å². The molecular formula is C97H115Cl4N5O2S2. The summed E-state index contributed by atoms with van der Waals surface area (Å²) >= 11 is 30.2. The van der Waals surface area contributed by atoms with Crippen LogP contribution in [0.3, 0.4) is 0 Å². The fourth-order valence-electron chi connectivity index (χ4n) is 19.0. The van der Waals surface area contributed by atoms with Gasteiger partial charge >= 0.3 is 0 Å². The van der Waals surface area contributed by atoms with Crippen molar-refractivity contribution in [3.63, 3.8) is 0 Å². The SMILES string of the molecule is [C-]#[N+]/C(C#N)=C1/C(=C/c2cc3c(s2)-c2cc4c(cc2C3(CCCCCCCC)CCCCCCCC)c2cc3c(cc2n4C(CCCCCCCC)CCCCCCCC)-c2sc(/C=C4\C(=O)c5cc(Cl)c(Cl)cc5C4=C(C#N)C#N)cc2C3(CCCCCCCC)CCCCCCCC)C(=O)c2cc(Cl)c(Cl)cc21. The maximum absolute atomic E-state index is 14.9. The van der Waals surface area contributed by atoms with Gasteiger partial charge in [-0.2, -0.15) is 10.5 Å². The Labute approximate surface area is 686 Å². The molecule has 0 fully saturated rings. The Bertz CT molecular complexity index is 4430. The van der Waals surface area contributed by atoms with Gasteiger partial charge in [0.1, 0.15) is 17.7 Å². The quantitative estimate of drug-likeness (QED) is 0.0163. The number of hydrogen-bond donors (Lipinski definition) is 0. The summed E-state index contributed by atoms with van der Waals surface area (Å²) in [4.78, 5) is 38.0. The third kappa shape index (κ3) is 18.2. The molecule has 0 spiro atoms. The molecule has 3 aromatic heterocycles. The summed E-state index contributed by atoms with van der Waals surface area (Å²) in [7, 11) is 0. The van der Waals surface area contributed by atoms with E-state index >= 15 is 0 Å². The van der Waals surface area contributed by atoms with Gasteiger partial charge in [-0.25, -0.2) is 10.1 Å². The molecule has 11 rings (SSSR count). The predicted molar refractivity (Wildman–Crippen MR) is 469 cm³/mol. The van der Waals surface area contributed by atoms with Crippen molar-refractivity contribution in [2.24, 2.45) is 0 Å². The van der Waals surface area contributed by atoms with Crippen LogP contribution in [-0.2, 0) is 10.8 Å². The van der Waals surface area contributed by atoms with Crippen molar-refractivity contribution in [3.05, 3.63) is 169 Å². The molecule has 0 bridgehead atoms. The number of nitriles is 3. The first-order chi connectivity index (χ1) is 53.7. The van der Waals surface area contributed by atoms with Crippen molar-refractivity contribution in [1.82, 2.24) is 4.57 Å². The Morgan fingerprint density at radius 3 is 1.06 bits per heavy atom. The summed E-state index contributed by atoms with van der Waals surface area (Å²) in [5, 5.41) is 35.5. The number of Topliss-reactive ketones (excluding diaryl/α,β-unsaturated/α-hetero) is 2. The largest absolute Gasteiger partial charge is 0.337 e. The van der Waals surface area contributed by atoms with E-state index in [4.69, 9.17) is 53.0 Å². The number of ketones is 2. The fraction of sp³-hybridized carbons (Fsp3) is 0.526. The van der Waals surface area contributed by atoms with Gasteiger partial charge in [0.25, 0.3) is 5.70 Å². The van der Waals surface area contributed by atoms with Crippen LogP contribution in [0, 0.1) is 40.6 Å². The number of carbonyl (C=O) groups is 2. The van der Waals surface area contributed by atoms with E-state index in [9.17, 15) is 25.4 Å². The van der Waals surface area contributed by atoms with E-state index < -0.39 is 0 Å². The van der Waals surface area contributed by atoms with Crippen molar-refractivity contribution >= 4 is 126 Å². The number of benzene rings is 4. The molecule has 110 heavy (non-hydrogen) atoms. The number of unbranched alkanes of at least 4 members (excludes halogenated alkanes) is 30. The van der Waals surface area contributed by atoms with E-state index in [0.717, 1.165) is 112 Å². The summed E-state index contributed by atoms with van der Waals surface area (Å²) in [6.45, 7) is 22.0. The monoisotopic (exact) mass is 1590 g/mol. The van der Waals surface area contributed by atoms with Crippen LogP contribution in [0.5, 0.6) is 0 Å². The fourth-order valence-corrected chi connectivity index (χ4v) is 22.1. The van der Waals surface area contributed by atoms with Crippen molar-refractivity contribution in [2.45, 2.75) is 328 Å². The zero-order valence-corrected chi connectivity index (χ0v) is 71.2. The molecule has 0 N–H and O–H groups in total. The van der Waals surface area contributed by atoms with Gasteiger partial charge in [0.2, 0.25) is 0 Å². The molecule has 13 heteroatoms. The van der Waals surface area contributed by atoms with Gasteiger partial charge in [0.15, 0.2) is 11.6 Å². The minimum atomic E-state index is -0.331. The molecule has 0 saturated carbocycles. The van der Waals surface area contributed by atoms with E-state index in [1.807, 2.05) is 12.2 Å². The van der Waals surface area contributed by atoms with Gasteiger partial charge in [0, 0.05) is 80.6 Å². The predicted octanol–water partition coefficient (Wildman–Crippen LogP) is 32.6. The molecule has 0 amide bonds. The number of halogens is 4. The highest BCUT2D eigenvalue weighted by Crippen LogP contribution is 2.62. The Morgan fingerprint density at radius 1 is 0.409 bits per heavy atom. The number of fused-ring (bicyclic) bond motifs is 11. The average Bonchev–Trinajstić information content (AvgIpc) is 1.52. The molecule has 7 aromatic rings. The molecule has 3 heterocycles. The lowest BCUT2D eigenvalue weighted by Crippen LogP contribution is -2.25. The zero-order chi connectivity index (χ0) is 77.9. The number of carbonyl (C=O) groups excluding carboxylic acids is 2. The number of hydrogen-bond acceptors (Lipinski definition) is 7. The summed E-state index contributed by atoms with van der Waals surface area (Å²) in [5.41, 5.74) is 12.6. The van der Waals surface area contributed by atoms with Gasteiger partial charge in [-0.3, -0.25) is 9.59 Å². The van der Waals surface area contributed by atoms with Crippen molar-refractivity contribution in [1.29, 1.82) is 15.8 Å². The number of allylic oxidation sites excluding steroid dienone is 6. The second kappa shape index (κ2) is 40.5. The van der Waals surface area contributed by atoms with E-state index in [1.54, 1.807) is 46.9 Å². The molecule has 4 aliphatic carbocycles. The first-order valence-electron chi connectivity index (χ1n) is 42.7. The highest BCUT2D eigenvalue weighted by molar-refractivity contribution is 7.17. The number of rotatable bonds is 45. The second-order valence-electron chi connectivity index (χ2n) is 32.3. The lowest BCUT2D eigenvalue weighted by Gasteiger charge is -2.33. The van der Waals surface area contributed by atoms with E-state index in [2.05, 4.69) is 106 Å². The molecule has 0 saturated heterocycles. The molecule has 0 unspecified atom stereocenters. The summed E-state index contributed by atoms with van der Waals surface area (Å²) in [5.74, 6) is -0.539. The lowest BCUT2D eigenvalue weighted by molar-refractivity contribution is 0.103. The van der Waals surface area contributed by atoms with Crippen LogP contribution in [-0.4, -0.2) is 16.1 Å². The van der Waals surface area contributed by atoms with Crippen LogP contribution in [0.2, 0.25) is 20.1 Å². The Kier molecular flexibility index (Phi) is 31.1. The minimum Gasteiger partial charge on any atom is -0.337 e. The first kappa shape index (κ1) is 84.4. The Balaban J connectivity index is 1.20. The van der Waals surface area contributed by atoms with Gasteiger partial charge < -0.3 is 4.57 Å². The normalized spacial score (nSPS) is 15.4. The maximum Gasteiger partial charge on any atom is 0.270 e. The van der Waals surface area contributed by atoms with Crippen LogP contribution in [0.4, 0.5) is 0 Å². The van der Waals surface area contributed by atoms with E-state index in [1.165, 1.54) is 232 Å². The zero-order valence-electron chi connectivity index (χ0n) is 66.6. The van der Waals surface area contributed by atoms with Crippen molar-refractivity contribution in [3.8, 4) is 39.1 Å². The summed E-state index contributed by atoms with van der Waals surface area (Å²) in [6, 6.07) is 28.6. The molecule has 7 nitrogen and oxygen atoms in total. The number of nitrogens with zero attached hydrogens (tertiary/aromatic N) is 5. The minimum absolute atomic E-state index is 0.132.